The van der Waals surface area contributed by atoms with Gasteiger partial charge in [-0.3, -0.25) is 9.80 Å². The zero-order chi connectivity index (χ0) is 14.0. The van der Waals surface area contributed by atoms with E-state index in [1.165, 1.54) is 38.8 Å². The number of piperazine rings is 1. The Morgan fingerprint density at radius 2 is 2.00 bits per heavy atom. The summed E-state index contributed by atoms with van der Waals surface area (Å²) in [5.41, 5.74) is 6.43. The first-order chi connectivity index (χ1) is 8.94. The van der Waals surface area contributed by atoms with Gasteiger partial charge in [0.15, 0.2) is 0 Å². The molecule has 2 aliphatic rings. The maximum absolute atomic E-state index is 6.15. The topological polar surface area (TPSA) is 32.5 Å². The number of hydrogen-bond acceptors (Lipinski definition) is 3. The van der Waals surface area contributed by atoms with Gasteiger partial charge in [0, 0.05) is 37.8 Å². The first kappa shape index (κ1) is 15.3. The Bertz CT molecular complexity index is 290. The van der Waals surface area contributed by atoms with Gasteiger partial charge in [-0.25, -0.2) is 0 Å². The fourth-order valence-corrected chi connectivity index (χ4v) is 4.03. The minimum atomic E-state index is 0.284. The van der Waals surface area contributed by atoms with Crippen LogP contribution in [0.1, 0.15) is 46.5 Å². The fourth-order valence-electron chi connectivity index (χ4n) is 4.03. The second kappa shape index (κ2) is 6.11. The van der Waals surface area contributed by atoms with Crippen molar-refractivity contribution in [1.82, 2.24) is 9.80 Å². The van der Waals surface area contributed by atoms with Crippen LogP contribution < -0.4 is 5.73 Å². The van der Waals surface area contributed by atoms with Gasteiger partial charge >= 0.3 is 0 Å². The first-order valence-corrected chi connectivity index (χ1v) is 8.09. The summed E-state index contributed by atoms with van der Waals surface area (Å²) in [7, 11) is 2.25. The van der Waals surface area contributed by atoms with E-state index < -0.39 is 0 Å². The molecule has 0 bridgehead atoms. The number of nitrogens with two attached hydrogens (primary N) is 1. The largest absolute Gasteiger partial charge is 0.329 e. The highest BCUT2D eigenvalue weighted by molar-refractivity contribution is 4.93. The summed E-state index contributed by atoms with van der Waals surface area (Å²) in [6.07, 6.45) is 5.59. The normalized spacial score (nSPS) is 35.2. The quantitative estimate of drug-likeness (QED) is 0.850. The van der Waals surface area contributed by atoms with E-state index in [0.29, 0.717) is 6.04 Å². The van der Waals surface area contributed by atoms with Crippen molar-refractivity contribution in [2.75, 3.05) is 33.2 Å². The molecule has 2 N–H and O–H groups in total. The van der Waals surface area contributed by atoms with Gasteiger partial charge in [-0.1, -0.05) is 19.8 Å². The average molecular weight is 267 g/mol. The van der Waals surface area contributed by atoms with E-state index in [1.54, 1.807) is 0 Å². The van der Waals surface area contributed by atoms with E-state index in [1.807, 2.05) is 0 Å². The molecule has 3 unspecified atom stereocenters. The van der Waals surface area contributed by atoms with Crippen molar-refractivity contribution in [3.05, 3.63) is 0 Å². The summed E-state index contributed by atoms with van der Waals surface area (Å²) in [5.74, 6) is 1.72. The Hall–Kier alpha value is -0.120. The summed E-state index contributed by atoms with van der Waals surface area (Å²) in [5, 5.41) is 0. The number of nitrogens with zero attached hydrogens (tertiary/aromatic N) is 2. The lowest BCUT2D eigenvalue weighted by Gasteiger charge is -2.50. The monoisotopic (exact) mass is 267 g/mol. The Morgan fingerprint density at radius 1 is 1.26 bits per heavy atom. The maximum Gasteiger partial charge on any atom is 0.0277 e. The summed E-state index contributed by atoms with van der Waals surface area (Å²) >= 11 is 0. The third-order valence-electron chi connectivity index (χ3n) is 5.58. The molecule has 1 aliphatic carbocycles. The first-order valence-electron chi connectivity index (χ1n) is 8.09. The standard InChI is InChI=1S/C16H33N3/c1-13-6-5-7-14(10-13)15(11-17)19-9-8-18(4)16(2,3)12-19/h13-15H,5-12,17H2,1-4H3. The van der Waals surface area contributed by atoms with Crippen LogP contribution in [0.15, 0.2) is 0 Å². The lowest BCUT2D eigenvalue weighted by atomic mass is 9.77. The van der Waals surface area contributed by atoms with E-state index in [2.05, 4.69) is 37.6 Å². The molecule has 3 heteroatoms. The second-order valence-electron chi connectivity index (χ2n) is 7.54. The minimum absolute atomic E-state index is 0.284. The molecule has 0 aromatic heterocycles. The SMILES string of the molecule is CC1CCCC(C(CN)N2CCN(C)C(C)(C)C2)C1. The molecule has 19 heavy (non-hydrogen) atoms. The molecular formula is C16H33N3. The van der Waals surface area contributed by atoms with Crippen molar-refractivity contribution >= 4 is 0 Å². The van der Waals surface area contributed by atoms with E-state index >= 15 is 0 Å². The maximum atomic E-state index is 6.15. The third-order valence-corrected chi connectivity index (χ3v) is 5.58. The van der Waals surface area contributed by atoms with E-state index in [-0.39, 0.29) is 5.54 Å². The highest BCUT2D eigenvalue weighted by Gasteiger charge is 2.37. The molecule has 1 saturated heterocycles. The van der Waals surface area contributed by atoms with Crippen LogP contribution in [0.5, 0.6) is 0 Å². The molecule has 0 radical (unpaired) electrons. The molecule has 0 aromatic carbocycles. The van der Waals surface area contributed by atoms with Gasteiger partial charge in [0.1, 0.15) is 0 Å². The summed E-state index contributed by atoms with van der Waals surface area (Å²) in [6.45, 7) is 11.5. The second-order valence-corrected chi connectivity index (χ2v) is 7.54. The van der Waals surface area contributed by atoms with Crippen molar-refractivity contribution in [3.8, 4) is 0 Å². The average Bonchev–Trinajstić information content (AvgIpc) is 2.34. The van der Waals surface area contributed by atoms with Crippen LogP contribution in [0, 0.1) is 11.8 Å². The van der Waals surface area contributed by atoms with Crippen molar-refractivity contribution in [2.45, 2.75) is 58.0 Å². The van der Waals surface area contributed by atoms with E-state index in [9.17, 15) is 0 Å². The molecule has 0 aromatic rings. The lowest BCUT2D eigenvalue weighted by Crippen LogP contribution is -2.62. The number of likely N-dealkylation sites (N-methyl/N-ethyl adjacent to an activating group) is 1. The van der Waals surface area contributed by atoms with Gasteiger partial charge in [0.25, 0.3) is 0 Å². The molecule has 0 spiro atoms. The number of hydrogen-bond donors (Lipinski definition) is 1. The van der Waals surface area contributed by atoms with Crippen molar-refractivity contribution in [2.24, 2.45) is 17.6 Å². The minimum Gasteiger partial charge on any atom is -0.329 e. The Labute approximate surface area is 119 Å². The van der Waals surface area contributed by atoms with Crippen LogP contribution >= 0.6 is 0 Å². The molecular weight excluding hydrogens is 234 g/mol. The highest BCUT2D eigenvalue weighted by Crippen LogP contribution is 2.34. The molecule has 3 atom stereocenters. The van der Waals surface area contributed by atoms with Gasteiger partial charge in [0.2, 0.25) is 0 Å². The van der Waals surface area contributed by atoms with Crippen molar-refractivity contribution in [3.63, 3.8) is 0 Å². The van der Waals surface area contributed by atoms with Crippen LogP contribution in [0.3, 0.4) is 0 Å². The molecule has 3 nitrogen and oxygen atoms in total. The molecule has 0 amide bonds. The van der Waals surface area contributed by atoms with Gasteiger partial charge in [-0.2, -0.15) is 0 Å². The molecule has 112 valence electrons. The van der Waals surface area contributed by atoms with Crippen LogP contribution in [0.25, 0.3) is 0 Å². The van der Waals surface area contributed by atoms with E-state index in [0.717, 1.165) is 24.9 Å². The zero-order valence-electron chi connectivity index (χ0n) is 13.4. The molecule has 2 rings (SSSR count). The van der Waals surface area contributed by atoms with Gasteiger partial charge in [-0.15, -0.1) is 0 Å². The predicted octanol–water partition coefficient (Wildman–Crippen LogP) is 2.17. The molecule has 1 heterocycles. The smallest absolute Gasteiger partial charge is 0.0277 e. The Kier molecular flexibility index (Phi) is 4.91. The molecule has 1 saturated carbocycles. The predicted molar refractivity (Wildman–Crippen MR) is 82.2 cm³/mol. The zero-order valence-corrected chi connectivity index (χ0v) is 13.4. The van der Waals surface area contributed by atoms with E-state index in [4.69, 9.17) is 5.73 Å². The summed E-state index contributed by atoms with van der Waals surface area (Å²) in [6, 6.07) is 0.607. The Morgan fingerprint density at radius 3 is 2.58 bits per heavy atom. The molecule has 1 aliphatic heterocycles. The van der Waals surface area contributed by atoms with Crippen LogP contribution in [-0.2, 0) is 0 Å². The van der Waals surface area contributed by atoms with Gasteiger partial charge in [0.05, 0.1) is 0 Å². The van der Waals surface area contributed by atoms with Crippen LogP contribution in [-0.4, -0.2) is 54.6 Å². The Balaban J connectivity index is 2.01. The van der Waals surface area contributed by atoms with Crippen molar-refractivity contribution < 1.29 is 0 Å². The number of rotatable bonds is 3. The van der Waals surface area contributed by atoms with Crippen LogP contribution in [0.4, 0.5) is 0 Å². The highest BCUT2D eigenvalue weighted by atomic mass is 15.3. The van der Waals surface area contributed by atoms with Gasteiger partial charge in [-0.05, 0) is 45.6 Å². The fraction of sp³-hybridized carbons (Fsp3) is 1.00. The third kappa shape index (κ3) is 3.50. The van der Waals surface area contributed by atoms with Gasteiger partial charge < -0.3 is 5.73 Å². The van der Waals surface area contributed by atoms with Crippen LogP contribution in [0.2, 0.25) is 0 Å². The van der Waals surface area contributed by atoms with Crippen molar-refractivity contribution in [1.29, 1.82) is 0 Å². The summed E-state index contributed by atoms with van der Waals surface area (Å²) in [4.78, 5) is 5.17. The lowest BCUT2D eigenvalue weighted by molar-refractivity contribution is -0.00374. The summed E-state index contributed by atoms with van der Waals surface area (Å²) < 4.78 is 0. The molecule has 2 fully saturated rings.